The molecule has 36 nitrogen and oxygen atoms in total. The van der Waals surface area contributed by atoms with E-state index in [0.717, 1.165) is 14.7 Å². The number of nitrogens with zero attached hydrogens (tertiary/aromatic N) is 5. The number of anilines is 3. The van der Waals surface area contributed by atoms with Crippen molar-refractivity contribution in [1.29, 1.82) is 0 Å². The number of rotatable bonds is 42. The number of ketones is 2. The molecule has 0 aliphatic carbocycles. The van der Waals surface area contributed by atoms with E-state index in [4.69, 9.17) is 42.6 Å². The number of imide groups is 1. The first-order valence-electron chi connectivity index (χ1n) is 40.4. The molecule has 4 aromatic carbocycles. The Morgan fingerprint density at radius 3 is 1.56 bits per heavy atom. The van der Waals surface area contributed by atoms with E-state index < -0.39 is 108 Å². The molecule has 36 heteroatoms. The largest absolute Gasteiger partial charge is 0.493 e. The van der Waals surface area contributed by atoms with Crippen LogP contribution in [0.1, 0.15) is 144 Å². The molecule has 0 saturated carbocycles. The SMILES string of the molecule is COCCOCCC(=O)N[C@H](C(=O)N[C@@H](C)C(=O)Nc1ccc(COC(=O)N2c3cc(OCCCOc4cc5c(cc4OC)C(=O)N4CC(O)C[C@H]4C(O)N5C(=O)OCc4ccc(CC(=O)[C@H](C)NC(=O)[C@@H](CC(=O)CCOCCNC(=O)CCN5C(=O)CC(C(C)C)C5=O)C(C)C)cc4)c(OC)cc3C(=O)N3CC(O)C[C@H]3C2O)cc1)C(C)C. The number of hydrogen-bond donors (Lipinski definition) is 9. The van der Waals surface area contributed by atoms with Crippen LogP contribution in [0, 0.1) is 29.6 Å². The molecule has 4 aromatic rings. The first-order chi connectivity index (χ1) is 57.2. The summed E-state index contributed by atoms with van der Waals surface area (Å²) in [6, 6.07) is 13.1. The highest BCUT2D eigenvalue weighted by Crippen LogP contribution is 2.44. The van der Waals surface area contributed by atoms with Gasteiger partial charge in [-0.2, -0.15) is 0 Å². The van der Waals surface area contributed by atoms with Crippen LogP contribution in [0.2, 0.25) is 0 Å². The first-order valence-corrected chi connectivity index (χ1v) is 40.4. The van der Waals surface area contributed by atoms with Gasteiger partial charge in [0.1, 0.15) is 31.1 Å². The van der Waals surface area contributed by atoms with E-state index in [1.807, 2.05) is 13.8 Å². The molecule has 0 radical (unpaired) electrons. The van der Waals surface area contributed by atoms with Gasteiger partial charge in [0.2, 0.25) is 41.4 Å². The van der Waals surface area contributed by atoms with Gasteiger partial charge < -0.3 is 99.4 Å². The Morgan fingerprint density at radius 1 is 0.533 bits per heavy atom. The molecule has 11 atom stereocenters. The van der Waals surface area contributed by atoms with Crippen molar-refractivity contribution < 1.29 is 125 Å². The lowest BCUT2D eigenvalue weighted by Crippen LogP contribution is -2.53. The number of Topliss-reactive ketones (excluding diaryl/α,β-unsaturated/α-hetero) is 2. The molecule has 11 amide bonds. The Balaban J connectivity index is 0.774. The number of carbonyl (C=O) groups is 13. The number of fused-ring (bicyclic) bond motifs is 4. The number of ether oxygens (including phenoxy) is 9. The zero-order valence-electron chi connectivity index (χ0n) is 69.6. The van der Waals surface area contributed by atoms with Crippen LogP contribution in [0.25, 0.3) is 0 Å². The Hall–Kier alpha value is -10.9. The van der Waals surface area contributed by atoms with Crippen molar-refractivity contribution in [3.8, 4) is 23.0 Å². The predicted molar refractivity (Wildman–Crippen MR) is 430 cm³/mol. The third kappa shape index (κ3) is 24.0. The zero-order chi connectivity index (χ0) is 87.3. The smallest absolute Gasteiger partial charge is 0.416 e. The lowest BCUT2D eigenvalue weighted by Gasteiger charge is -2.31. The van der Waals surface area contributed by atoms with Crippen LogP contribution in [0.5, 0.6) is 23.0 Å². The molecular formula is C84H112N10O26. The van der Waals surface area contributed by atoms with Gasteiger partial charge in [0, 0.05) is 108 Å². The van der Waals surface area contributed by atoms with Gasteiger partial charge in [-0.3, -0.25) is 57.6 Å². The normalized spacial score (nSPS) is 19.8. The fourth-order valence-corrected chi connectivity index (χ4v) is 14.6. The minimum atomic E-state index is -1.74. The maximum absolute atomic E-state index is 14.5. The van der Waals surface area contributed by atoms with E-state index in [1.165, 1.54) is 62.3 Å². The van der Waals surface area contributed by atoms with Crippen LogP contribution in [-0.2, 0) is 86.5 Å². The lowest BCUT2D eigenvalue weighted by molar-refractivity contribution is -0.140. The van der Waals surface area contributed by atoms with Gasteiger partial charge in [-0.05, 0) is 85.4 Å². The number of aliphatic hydroxyl groups excluding tert-OH is 4. The maximum atomic E-state index is 14.5. The van der Waals surface area contributed by atoms with E-state index in [9.17, 15) is 82.8 Å². The quantitative estimate of drug-likeness (QED) is 0.0223. The topological polar surface area (TPSA) is 462 Å². The summed E-state index contributed by atoms with van der Waals surface area (Å²) < 4.78 is 51.3. The van der Waals surface area contributed by atoms with E-state index in [2.05, 4.69) is 26.6 Å². The Labute approximate surface area is 695 Å². The number of carbonyl (C=O) groups excluding carboxylic acids is 13. The molecule has 5 aliphatic rings. The molecule has 9 N–H and O–H groups in total. The summed E-state index contributed by atoms with van der Waals surface area (Å²) in [5.41, 5.74) is 1.41. The minimum absolute atomic E-state index is 0.00355. The maximum Gasteiger partial charge on any atom is 0.416 e. The van der Waals surface area contributed by atoms with Gasteiger partial charge in [0.25, 0.3) is 11.8 Å². The monoisotopic (exact) mass is 1680 g/mol. The Kier molecular flexibility index (Phi) is 33.6. The number of likely N-dealkylation sites (tertiary alicyclic amines) is 1. The molecule has 0 spiro atoms. The van der Waals surface area contributed by atoms with E-state index in [0.29, 0.717) is 35.6 Å². The third-order valence-corrected chi connectivity index (χ3v) is 21.6. The average Bonchev–Trinajstić information content (AvgIpc) is 1.60. The number of methoxy groups -OCH3 is 3. The summed E-state index contributed by atoms with van der Waals surface area (Å²) >= 11 is 0. The third-order valence-electron chi connectivity index (χ3n) is 21.6. The number of benzene rings is 4. The summed E-state index contributed by atoms with van der Waals surface area (Å²) in [6.07, 6.45) is -7.85. The van der Waals surface area contributed by atoms with Crippen molar-refractivity contribution in [2.45, 2.75) is 181 Å². The van der Waals surface area contributed by atoms with Crippen LogP contribution >= 0.6 is 0 Å². The fourth-order valence-electron chi connectivity index (χ4n) is 14.6. The van der Waals surface area contributed by atoms with Gasteiger partial charge in [-0.1, -0.05) is 77.9 Å². The zero-order valence-corrected chi connectivity index (χ0v) is 69.6. The average molecular weight is 1680 g/mol. The number of nitrogens with one attached hydrogen (secondary N) is 5. The summed E-state index contributed by atoms with van der Waals surface area (Å²) in [4.78, 5) is 180. The molecule has 120 heavy (non-hydrogen) atoms. The highest BCUT2D eigenvalue weighted by Gasteiger charge is 2.50. The first kappa shape index (κ1) is 93.0. The second-order valence-electron chi connectivity index (χ2n) is 31.3. The summed E-state index contributed by atoms with van der Waals surface area (Å²) in [5.74, 6) is -6.28. The molecule has 9 rings (SSSR count). The molecule has 3 fully saturated rings. The number of aliphatic hydroxyl groups is 4. The van der Waals surface area contributed by atoms with Crippen molar-refractivity contribution >= 4 is 94.0 Å². The molecular weight excluding hydrogens is 1560 g/mol. The van der Waals surface area contributed by atoms with Crippen LogP contribution in [0.15, 0.2) is 72.8 Å². The van der Waals surface area contributed by atoms with Crippen LogP contribution in [0.3, 0.4) is 0 Å². The highest BCUT2D eigenvalue weighted by atomic mass is 16.6. The van der Waals surface area contributed by atoms with E-state index >= 15 is 0 Å². The van der Waals surface area contributed by atoms with Crippen molar-refractivity contribution in [3.63, 3.8) is 0 Å². The summed E-state index contributed by atoms with van der Waals surface area (Å²) in [7, 11) is 4.19. The van der Waals surface area contributed by atoms with Crippen molar-refractivity contribution in [2.75, 3.05) is 109 Å². The molecule has 0 aromatic heterocycles. The van der Waals surface area contributed by atoms with E-state index in [-0.39, 0.29) is 229 Å². The second kappa shape index (κ2) is 43.4. The number of hydrogen-bond acceptors (Lipinski definition) is 26. The Morgan fingerprint density at radius 2 is 1.05 bits per heavy atom. The van der Waals surface area contributed by atoms with Crippen LogP contribution < -0.4 is 55.3 Å². The molecule has 5 aliphatic heterocycles. The lowest BCUT2D eigenvalue weighted by atomic mass is 9.88. The summed E-state index contributed by atoms with van der Waals surface area (Å²) in [6.45, 7) is 13.7. The molecule has 0 bridgehead atoms. The predicted octanol–water partition coefficient (Wildman–Crippen LogP) is 4.08. The standard InChI is InChI=1S/C84H112N10O26/c1-46(2)58(34-55(95)22-28-115-30-24-85-71(99)21-25-90-73(101)39-59(47(3)4)78(90)105)76(103)86-49(7)66(98)33-51-13-15-52(16-14-51)44-119-83(110)93-62-40-69(67(113-10)37-60(62)79(106)91-42-56(96)35-64(91)81(93)108)117-26-12-27-118-70-41-63-61(38-68(70)114-11)80(107)92-43-57(97)36-65(92)82(109)94(63)84(111)120-45-53-17-19-54(20-18-53)88-75(102)50(8)87-77(104)74(48(5)6)89-72(100)23-29-116-32-31-112-9/h13-20,37-38,40-41,46-50,56-59,64-65,74,81-82,96-97,108-109H,12,21-36,39,42-45H2,1-11H3,(H,85,99)(H,86,103)(H,87,104)(H,88,102)(H,89,100)/t49-,50-,56?,57?,58-,59?,64-,65-,74-,81?,82?/m0/s1. The van der Waals surface area contributed by atoms with Gasteiger partial charge in [0.05, 0.1) is 113 Å². The Bertz CT molecular complexity index is 4320. The summed E-state index contributed by atoms with van der Waals surface area (Å²) in [5, 5.41) is 59.1. The van der Waals surface area contributed by atoms with Crippen molar-refractivity contribution in [3.05, 3.63) is 101 Å². The molecule has 654 valence electrons. The van der Waals surface area contributed by atoms with Crippen LogP contribution in [0.4, 0.5) is 26.7 Å². The highest BCUT2D eigenvalue weighted by molar-refractivity contribution is 6.08. The van der Waals surface area contributed by atoms with Crippen LogP contribution in [-0.4, -0.2) is 261 Å². The van der Waals surface area contributed by atoms with Crippen molar-refractivity contribution in [2.24, 2.45) is 29.6 Å². The molecule has 3 saturated heterocycles. The van der Waals surface area contributed by atoms with Gasteiger partial charge >= 0.3 is 12.2 Å². The molecule has 5 unspecified atom stereocenters. The van der Waals surface area contributed by atoms with Gasteiger partial charge in [-0.15, -0.1) is 0 Å². The second-order valence-corrected chi connectivity index (χ2v) is 31.3. The van der Waals surface area contributed by atoms with Gasteiger partial charge in [0.15, 0.2) is 41.2 Å². The van der Waals surface area contributed by atoms with Gasteiger partial charge in [-0.25, -0.2) is 19.4 Å². The molecule has 5 heterocycles. The minimum Gasteiger partial charge on any atom is -0.493 e. The fraction of sp³-hybridized carbons (Fsp3) is 0.560. The van der Waals surface area contributed by atoms with Crippen molar-refractivity contribution in [1.82, 2.24) is 36.0 Å². The number of amides is 11. The van der Waals surface area contributed by atoms with E-state index in [1.54, 1.807) is 83.1 Å².